The van der Waals surface area contributed by atoms with Crippen molar-refractivity contribution in [2.24, 2.45) is 0 Å². The number of aryl methyl sites for hydroxylation is 1. The number of hydrogen-bond acceptors (Lipinski definition) is 1. The Morgan fingerprint density at radius 3 is 2.44 bits per heavy atom. The summed E-state index contributed by atoms with van der Waals surface area (Å²) in [7, 11) is 0. The van der Waals surface area contributed by atoms with Crippen molar-refractivity contribution in [2.75, 3.05) is 6.54 Å². The lowest BCUT2D eigenvalue weighted by atomic mass is 9.98. The molecule has 0 radical (unpaired) electrons. The van der Waals surface area contributed by atoms with Crippen molar-refractivity contribution in [3.8, 4) is 0 Å². The largest absolute Gasteiger partial charge is 0.313 e. The van der Waals surface area contributed by atoms with E-state index in [1.54, 1.807) is 0 Å². The summed E-state index contributed by atoms with van der Waals surface area (Å²) in [5.74, 6) is 0. The van der Waals surface area contributed by atoms with Crippen LogP contribution in [0.5, 0.6) is 0 Å². The van der Waals surface area contributed by atoms with E-state index in [4.69, 9.17) is 0 Å². The van der Waals surface area contributed by atoms with Gasteiger partial charge in [0.15, 0.2) is 0 Å². The maximum Gasteiger partial charge on any atom is 0.0144 e. The molecule has 1 aromatic carbocycles. The third-order valence-corrected chi connectivity index (χ3v) is 3.32. The third kappa shape index (κ3) is 5.50. The van der Waals surface area contributed by atoms with Gasteiger partial charge in [-0.25, -0.2) is 0 Å². The Bertz CT molecular complexity index is 350. The van der Waals surface area contributed by atoms with E-state index >= 15 is 0 Å². The van der Waals surface area contributed by atoms with Crippen LogP contribution in [0.25, 0.3) is 0 Å². The highest BCUT2D eigenvalue weighted by Crippen LogP contribution is 2.13. The van der Waals surface area contributed by atoms with Crippen LogP contribution in [-0.4, -0.2) is 12.6 Å². The lowest BCUT2D eigenvalue weighted by Gasteiger charge is -2.19. The molecule has 0 spiro atoms. The minimum atomic E-state index is 0.528. The molecule has 0 heterocycles. The second kappa shape index (κ2) is 8.10. The first-order valence-corrected chi connectivity index (χ1v) is 7.11. The molecule has 0 fully saturated rings. The number of nitrogens with one attached hydrogen (secondary N) is 1. The minimum Gasteiger partial charge on any atom is -0.313 e. The topological polar surface area (TPSA) is 12.0 Å². The van der Waals surface area contributed by atoms with Crippen LogP contribution in [0.3, 0.4) is 0 Å². The molecule has 1 aromatic rings. The average molecular weight is 245 g/mol. The fourth-order valence-electron chi connectivity index (χ4n) is 2.07. The first-order valence-electron chi connectivity index (χ1n) is 7.11. The summed E-state index contributed by atoms with van der Waals surface area (Å²) in [6.45, 7) is 11.8. The van der Waals surface area contributed by atoms with Crippen LogP contribution in [0.1, 0.15) is 44.2 Å². The molecular formula is C17H27N. The zero-order valence-corrected chi connectivity index (χ0v) is 12.1. The number of benzene rings is 1. The molecule has 0 aromatic heterocycles. The monoisotopic (exact) mass is 245 g/mol. The van der Waals surface area contributed by atoms with Crippen LogP contribution >= 0.6 is 0 Å². The Balaban J connectivity index is 2.59. The van der Waals surface area contributed by atoms with Gasteiger partial charge < -0.3 is 5.32 Å². The van der Waals surface area contributed by atoms with Gasteiger partial charge in [0.1, 0.15) is 0 Å². The molecule has 1 atom stereocenters. The standard InChI is InChI=1S/C17H27N/c1-5-11-18-17(12-14(3)6-2)13-16-9-7-15(4)8-10-16/h7-10,17-18H,3,5-6,11-13H2,1-2,4H3. The molecule has 1 heteroatoms. The van der Waals surface area contributed by atoms with Crippen molar-refractivity contribution in [3.63, 3.8) is 0 Å². The molecule has 100 valence electrons. The highest BCUT2D eigenvalue weighted by Gasteiger charge is 2.09. The van der Waals surface area contributed by atoms with Crippen molar-refractivity contribution in [3.05, 3.63) is 47.5 Å². The van der Waals surface area contributed by atoms with Crippen molar-refractivity contribution < 1.29 is 0 Å². The van der Waals surface area contributed by atoms with E-state index in [-0.39, 0.29) is 0 Å². The van der Waals surface area contributed by atoms with E-state index in [1.165, 1.54) is 23.1 Å². The van der Waals surface area contributed by atoms with Gasteiger partial charge in [0.05, 0.1) is 0 Å². The zero-order valence-electron chi connectivity index (χ0n) is 12.1. The predicted molar refractivity (Wildman–Crippen MR) is 81.0 cm³/mol. The molecule has 0 amide bonds. The van der Waals surface area contributed by atoms with Gasteiger partial charge >= 0.3 is 0 Å². The zero-order chi connectivity index (χ0) is 13.4. The van der Waals surface area contributed by atoms with E-state index in [9.17, 15) is 0 Å². The summed E-state index contributed by atoms with van der Waals surface area (Å²) >= 11 is 0. The van der Waals surface area contributed by atoms with Crippen LogP contribution in [-0.2, 0) is 6.42 Å². The maximum absolute atomic E-state index is 4.14. The van der Waals surface area contributed by atoms with Gasteiger partial charge in [-0.2, -0.15) is 0 Å². The normalized spacial score (nSPS) is 12.4. The van der Waals surface area contributed by atoms with Crippen molar-refractivity contribution in [2.45, 2.75) is 52.5 Å². The molecule has 0 saturated heterocycles. The lowest BCUT2D eigenvalue weighted by molar-refractivity contribution is 0.500. The van der Waals surface area contributed by atoms with Crippen molar-refractivity contribution in [1.29, 1.82) is 0 Å². The smallest absolute Gasteiger partial charge is 0.0144 e. The second-order valence-electron chi connectivity index (χ2n) is 5.15. The minimum absolute atomic E-state index is 0.528. The van der Waals surface area contributed by atoms with Crippen LogP contribution in [0, 0.1) is 6.92 Å². The second-order valence-corrected chi connectivity index (χ2v) is 5.15. The van der Waals surface area contributed by atoms with Gasteiger partial charge in [0.2, 0.25) is 0 Å². The Morgan fingerprint density at radius 1 is 1.22 bits per heavy atom. The Hall–Kier alpha value is -1.08. The van der Waals surface area contributed by atoms with Crippen LogP contribution in [0.15, 0.2) is 36.4 Å². The molecule has 0 bridgehead atoms. The van der Waals surface area contributed by atoms with E-state index in [2.05, 4.69) is 56.9 Å². The number of rotatable bonds is 8. The summed E-state index contributed by atoms with van der Waals surface area (Å²) in [6, 6.07) is 9.40. The summed E-state index contributed by atoms with van der Waals surface area (Å²) < 4.78 is 0. The van der Waals surface area contributed by atoms with E-state index in [0.29, 0.717) is 6.04 Å². The fraction of sp³-hybridized carbons (Fsp3) is 0.529. The van der Waals surface area contributed by atoms with Crippen LogP contribution in [0.4, 0.5) is 0 Å². The summed E-state index contributed by atoms with van der Waals surface area (Å²) in [5.41, 5.74) is 4.09. The van der Waals surface area contributed by atoms with Gasteiger partial charge in [-0.05, 0) is 44.7 Å². The molecular weight excluding hydrogens is 218 g/mol. The summed E-state index contributed by atoms with van der Waals surface area (Å²) in [5, 5.41) is 3.64. The lowest BCUT2D eigenvalue weighted by Crippen LogP contribution is -2.32. The third-order valence-electron chi connectivity index (χ3n) is 3.32. The average Bonchev–Trinajstić information content (AvgIpc) is 2.38. The summed E-state index contributed by atoms with van der Waals surface area (Å²) in [6.07, 6.45) is 4.45. The summed E-state index contributed by atoms with van der Waals surface area (Å²) in [4.78, 5) is 0. The molecule has 1 rings (SSSR count). The molecule has 1 nitrogen and oxygen atoms in total. The quantitative estimate of drug-likeness (QED) is 0.675. The van der Waals surface area contributed by atoms with Gasteiger partial charge in [0, 0.05) is 6.04 Å². The fourth-order valence-corrected chi connectivity index (χ4v) is 2.07. The highest BCUT2D eigenvalue weighted by molar-refractivity contribution is 5.22. The van der Waals surface area contributed by atoms with Gasteiger partial charge in [0.25, 0.3) is 0 Å². The first-order chi connectivity index (χ1) is 8.65. The molecule has 1 N–H and O–H groups in total. The number of hydrogen-bond donors (Lipinski definition) is 1. The maximum atomic E-state index is 4.14. The van der Waals surface area contributed by atoms with E-state index in [0.717, 1.165) is 25.8 Å². The molecule has 0 aliphatic carbocycles. The Kier molecular flexibility index (Phi) is 6.74. The van der Waals surface area contributed by atoms with Crippen LogP contribution in [0.2, 0.25) is 0 Å². The molecule has 0 aliphatic heterocycles. The van der Waals surface area contributed by atoms with Gasteiger partial charge in [-0.15, -0.1) is 0 Å². The Labute approximate surface area is 112 Å². The van der Waals surface area contributed by atoms with E-state index in [1.807, 2.05) is 0 Å². The SMILES string of the molecule is C=C(CC)CC(Cc1ccc(C)cc1)NCCC. The van der Waals surface area contributed by atoms with Crippen molar-refractivity contribution >= 4 is 0 Å². The Morgan fingerprint density at radius 2 is 1.89 bits per heavy atom. The predicted octanol–water partition coefficient (Wildman–Crippen LogP) is 4.26. The van der Waals surface area contributed by atoms with Crippen LogP contribution < -0.4 is 5.32 Å². The van der Waals surface area contributed by atoms with Gasteiger partial charge in [-0.3, -0.25) is 0 Å². The van der Waals surface area contributed by atoms with Crippen molar-refractivity contribution in [1.82, 2.24) is 5.32 Å². The molecule has 0 saturated carbocycles. The highest BCUT2D eigenvalue weighted by atomic mass is 14.9. The first kappa shape index (κ1) is 15.0. The van der Waals surface area contributed by atoms with E-state index < -0.39 is 0 Å². The molecule has 1 unspecified atom stereocenters. The molecule has 18 heavy (non-hydrogen) atoms. The molecule has 0 aliphatic rings. The van der Waals surface area contributed by atoms with Gasteiger partial charge in [-0.1, -0.05) is 55.8 Å².